The Bertz CT molecular complexity index is 2210. The molecule has 0 aliphatic rings. The fourth-order valence-electron chi connectivity index (χ4n) is 6.63. The molecular formula is C38H24N6. The first-order valence-electron chi connectivity index (χ1n) is 14.6. The molecule has 0 atom stereocenters. The molecule has 9 rings (SSSR count). The van der Waals surface area contributed by atoms with Gasteiger partial charge in [-0.05, 0) is 48.5 Å². The number of hydrogen-bond donors (Lipinski definition) is 0. The number of benzene rings is 5. The van der Waals surface area contributed by atoms with Crippen LogP contribution in [-0.4, -0.2) is 29.1 Å². The van der Waals surface area contributed by atoms with E-state index >= 15 is 0 Å². The van der Waals surface area contributed by atoms with Crippen LogP contribution in [0.5, 0.6) is 0 Å². The summed E-state index contributed by atoms with van der Waals surface area (Å²) in [4.78, 5) is 19.3. The highest BCUT2D eigenvalue weighted by atomic mass is 15.0. The summed E-state index contributed by atoms with van der Waals surface area (Å²) in [5.74, 6) is 1.21. The lowest BCUT2D eigenvalue weighted by molar-refractivity contribution is 1.09. The average molecular weight is 565 g/mol. The number of nitrogens with zero attached hydrogens (tertiary/aromatic N) is 6. The van der Waals surface area contributed by atoms with Crippen molar-refractivity contribution in [3.05, 3.63) is 146 Å². The Morgan fingerprint density at radius 2 is 0.614 bits per heavy atom. The molecule has 0 unspecified atom stereocenters. The van der Waals surface area contributed by atoms with Gasteiger partial charge in [-0.3, -0.25) is 0 Å². The quantitative estimate of drug-likeness (QED) is 0.214. The maximum Gasteiger partial charge on any atom is 0.162 e. The molecule has 44 heavy (non-hydrogen) atoms. The van der Waals surface area contributed by atoms with Crippen molar-refractivity contribution in [3.63, 3.8) is 0 Å². The van der Waals surface area contributed by atoms with E-state index in [0.717, 1.165) is 44.6 Å². The van der Waals surface area contributed by atoms with Crippen molar-refractivity contribution in [2.24, 2.45) is 0 Å². The van der Waals surface area contributed by atoms with Crippen molar-refractivity contribution >= 4 is 43.6 Å². The zero-order valence-corrected chi connectivity index (χ0v) is 23.5. The standard InChI is InChI=1S/C38H24N6/c1-5-15-29-25(11-1)26-12-2-6-16-30(26)43(29)33-19-20-34(44-31-17-7-3-13-27(31)28-14-4-8-18-32(28)44)36(38-41-23-10-24-42-38)35(33)37-39-21-9-22-40-37/h1-24H. The summed E-state index contributed by atoms with van der Waals surface area (Å²) < 4.78 is 4.64. The van der Waals surface area contributed by atoms with Gasteiger partial charge in [0.1, 0.15) is 0 Å². The Morgan fingerprint density at radius 3 is 0.932 bits per heavy atom. The molecule has 6 nitrogen and oxygen atoms in total. The summed E-state index contributed by atoms with van der Waals surface area (Å²) in [5.41, 5.74) is 8.07. The van der Waals surface area contributed by atoms with Gasteiger partial charge in [0.2, 0.25) is 0 Å². The molecule has 4 aromatic heterocycles. The second-order valence-corrected chi connectivity index (χ2v) is 10.7. The van der Waals surface area contributed by atoms with E-state index in [1.165, 1.54) is 21.5 Å². The Morgan fingerprint density at radius 1 is 0.318 bits per heavy atom. The molecule has 0 amide bonds. The number of aromatic nitrogens is 6. The van der Waals surface area contributed by atoms with Crippen molar-refractivity contribution in [2.75, 3.05) is 0 Å². The molecule has 9 aromatic rings. The smallest absolute Gasteiger partial charge is 0.162 e. The van der Waals surface area contributed by atoms with Gasteiger partial charge >= 0.3 is 0 Å². The summed E-state index contributed by atoms with van der Waals surface area (Å²) in [7, 11) is 0. The van der Waals surface area contributed by atoms with Crippen LogP contribution < -0.4 is 0 Å². The maximum absolute atomic E-state index is 4.82. The number of para-hydroxylation sites is 4. The molecule has 0 aliphatic carbocycles. The molecule has 5 aromatic carbocycles. The van der Waals surface area contributed by atoms with Gasteiger partial charge in [0, 0.05) is 46.3 Å². The maximum atomic E-state index is 4.82. The third-order valence-corrected chi connectivity index (χ3v) is 8.38. The van der Waals surface area contributed by atoms with Crippen LogP contribution in [0.1, 0.15) is 0 Å². The number of hydrogen-bond acceptors (Lipinski definition) is 4. The molecule has 4 heterocycles. The van der Waals surface area contributed by atoms with E-state index in [1.54, 1.807) is 24.8 Å². The lowest BCUT2D eigenvalue weighted by Gasteiger charge is -2.21. The molecule has 0 N–H and O–H groups in total. The minimum absolute atomic E-state index is 0.606. The minimum Gasteiger partial charge on any atom is -0.308 e. The Balaban J connectivity index is 1.50. The van der Waals surface area contributed by atoms with Gasteiger partial charge in [0.05, 0.1) is 44.6 Å². The van der Waals surface area contributed by atoms with Gasteiger partial charge in [-0.2, -0.15) is 0 Å². The Labute approximate surface area is 252 Å². The molecule has 0 saturated carbocycles. The van der Waals surface area contributed by atoms with Crippen molar-refractivity contribution in [2.45, 2.75) is 0 Å². The van der Waals surface area contributed by atoms with Gasteiger partial charge in [0.15, 0.2) is 11.6 Å². The van der Waals surface area contributed by atoms with E-state index in [2.05, 4.69) is 118 Å². The highest BCUT2D eigenvalue weighted by Crippen LogP contribution is 2.44. The van der Waals surface area contributed by atoms with E-state index in [9.17, 15) is 0 Å². The Hall–Kier alpha value is -6.14. The first-order chi connectivity index (χ1) is 21.9. The van der Waals surface area contributed by atoms with Crippen molar-refractivity contribution in [1.29, 1.82) is 0 Å². The van der Waals surface area contributed by atoms with E-state index in [4.69, 9.17) is 19.9 Å². The van der Waals surface area contributed by atoms with E-state index in [0.29, 0.717) is 11.6 Å². The molecule has 0 radical (unpaired) electrons. The Kier molecular flexibility index (Phi) is 5.40. The fourth-order valence-corrected chi connectivity index (χ4v) is 6.63. The largest absolute Gasteiger partial charge is 0.308 e. The molecule has 0 bridgehead atoms. The van der Waals surface area contributed by atoms with Crippen LogP contribution >= 0.6 is 0 Å². The highest BCUT2D eigenvalue weighted by molar-refractivity contribution is 6.12. The summed E-state index contributed by atoms with van der Waals surface area (Å²) in [5, 5.41) is 4.75. The zero-order chi connectivity index (χ0) is 29.0. The number of fused-ring (bicyclic) bond motifs is 6. The minimum atomic E-state index is 0.606. The molecule has 0 fully saturated rings. The first kappa shape index (κ1) is 24.5. The fraction of sp³-hybridized carbons (Fsp3) is 0. The van der Waals surface area contributed by atoms with Crippen molar-refractivity contribution in [3.8, 4) is 34.2 Å². The predicted octanol–water partition coefficient (Wildman–Crippen LogP) is 8.79. The lowest BCUT2D eigenvalue weighted by Crippen LogP contribution is -2.07. The van der Waals surface area contributed by atoms with Crippen LogP contribution in [-0.2, 0) is 0 Å². The van der Waals surface area contributed by atoms with Gasteiger partial charge in [-0.15, -0.1) is 0 Å². The van der Waals surface area contributed by atoms with E-state index < -0.39 is 0 Å². The molecular weight excluding hydrogens is 540 g/mol. The van der Waals surface area contributed by atoms with Gasteiger partial charge in [-0.1, -0.05) is 72.8 Å². The predicted molar refractivity (Wildman–Crippen MR) is 177 cm³/mol. The summed E-state index contributed by atoms with van der Waals surface area (Å²) in [6.07, 6.45) is 7.17. The molecule has 0 spiro atoms. The van der Waals surface area contributed by atoms with Gasteiger partial charge in [-0.25, -0.2) is 19.9 Å². The highest BCUT2D eigenvalue weighted by Gasteiger charge is 2.26. The van der Waals surface area contributed by atoms with Crippen LogP contribution in [0.4, 0.5) is 0 Å². The normalized spacial score (nSPS) is 11.6. The van der Waals surface area contributed by atoms with Crippen LogP contribution in [0, 0.1) is 0 Å². The van der Waals surface area contributed by atoms with E-state index in [-0.39, 0.29) is 0 Å². The second-order valence-electron chi connectivity index (χ2n) is 10.7. The number of rotatable bonds is 4. The second kappa shape index (κ2) is 9.71. The zero-order valence-electron chi connectivity index (χ0n) is 23.5. The summed E-state index contributed by atoms with van der Waals surface area (Å²) in [6, 6.07) is 42.2. The third-order valence-electron chi connectivity index (χ3n) is 8.38. The van der Waals surface area contributed by atoms with Gasteiger partial charge in [0.25, 0.3) is 0 Å². The molecule has 6 heteroatoms. The van der Waals surface area contributed by atoms with Crippen molar-refractivity contribution in [1.82, 2.24) is 29.1 Å². The van der Waals surface area contributed by atoms with E-state index in [1.807, 2.05) is 12.1 Å². The van der Waals surface area contributed by atoms with Crippen molar-refractivity contribution < 1.29 is 0 Å². The van der Waals surface area contributed by atoms with Gasteiger partial charge < -0.3 is 9.13 Å². The SMILES string of the molecule is c1cnc(-c2c(-n3c4ccccc4c4ccccc43)ccc(-n3c4ccccc4c4ccccc43)c2-c2ncccn2)nc1. The topological polar surface area (TPSA) is 61.4 Å². The van der Waals surface area contributed by atoms with Crippen LogP contribution in [0.25, 0.3) is 77.8 Å². The first-order valence-corrected chi connectivity index (χ1v) is 14.6. The lowest BCUT2D eigenvalue weighted by atomic mass is 9.99. The third kappa shape index (κ3) is 3.55. The van der Waals surface area contributed by atoms with Crippen LogP contribution in [0.15, 0.2) is 146 Å². The summed E-state index contributed by atoms with van der Waals surface area (Å²) >= 11 is 0. The average Bonchev–Trinajstić information content (AvgIpc) is 3.61. The monoisotopic (exact) mass is 564 g/mol. The molecule has 0 aliphatic heterocycles. The summed E-state index contributed by atoms with van der Waals surface area (Å²) in [6.45, 7) is 0. The van der Waals surface area contributed by atoms with Crippen LogP contribution in [0.3, 0.4) is 0 Å². The molecule has 0 saturated heterocycles. The van der Waals surface area contributed by atoms with Crippen LogP contribution in [0.2, 0.25) is 0 Å². The molecule has 206 valence electrons.